The van der Waals surface area contributed by atoms with Gasteiger partial charge in [0.05, 0.1) is 12.2 Å². The molecule has 0 spiro atoms. The average Bonchev–Trinajstić information content (AvgIpc) is 2.57. The summed E-state index contributed by atoms with van der Waals surface area (Å²) in [5.74, 6) is 0.222. The number of methoxy groups -OCH3 is 1. The first-order valence-corrected chi connectivity index (χ1v) is 8.12. The monoisotopic (exact) mass is 368 g/mol. The summed E-state index contributed by atoms with van der Waals surface area (Å²) in [5.41, 5.74) is 1.32. The number of rotatable bonds is 8. The maximum atomic E-state index is 12.1. The molecule has 1 heterocycles. The second-order valence-corrected chi connectivity index (χ2v) is 5.80. The molecule has 1 aromatic heterocycles. The second kappa shape index (κ2) is 9.42. The summed E-state index contributed by atoms with van der Waals surface area (Å²) < 4.78 is 4.92. The van der Waals surface area contributed by atoms with Crippen molar-refractivity contribution in [2.75, 3.05) is 32.1 Å². The van der Waals surface area contributed by atoms with Crippen LogP contribution in [0.15, 0.2) is 30.6 Å². The fourth-order valence-electron chi connectivity index (χ4n) is 1.94. The van der Waals surface area contributed by atoms with Crippen LogP contribution in [0, 0.1) is 0 Å². The Morgan fingerprint density at radius 3 is 2.62 bits per heavy atom. The van der Waals surface area contributed by atoms with Crippen LogP contribution < -0.4 is 10.6 Å². The molecule has 6 nitrogen and oxygen atoms in total. The van der Waals surface area contributed by atoms with Crippen LogP contribution in [0.3, 0.4) is 0 Å². The van der Waals surface area contributed by atoms with Gasteiger partial charge in [-0.05, 0) is 24.1 Å². The van der Waals surface area contributed by atoms with Gasteiger partial charge < -0.3 is 15.4 Å². The zero-order chi connectivity index (χ0) is 17.4. The minimum atomic E-state index is -0.233. The first-order valence-electron chi connectivity index (χ1n) is 7.37. The highest BCUT2D eigenvalue weighted by Gasteiger charge is 2.07. The normalized spacial score (nSPS) is 10.5. The lowest BCUT2D eigenvalue weighted by Gasteiger charge is -2.08. The van der Waals surface area contributed by atoms with Crippen LogP contribution >= 0.6 is 23.2 Å². The number of hydrogen-bond donors (Lipinski definition) is 2. The van der Waals surface area contributed by atoms with Crippen molar-refractivity contribution in [1.82, 2.24) is 15.3 Å². The number of carbonyl (C=O) groups excluding carboxylic acids is 1. The standard InChI is InChI=1S/C16H18Cl2N4O2/c1-24-7-6-20-16-21-9-12(10-22-16)15(23)19-5-4-11-2-3-13(17)8-14(11)18/h2-3,8-10H,4-7H2,1H3,(H,19,23)(H,20,21,22). The third-order valence-electron chi connectivity index (χ3n) is 3.20. The van der Waals surface area contributed by atoms with E-state index in [1.165, 1.54) is 12.4 Å². The predicted octanol–water partition coefficient (Wildman–Crippen LogP) is 2.81. The molecule has 0 aliphatic carbocycles. The van der Waals surface area contributed by atoms with Crippen LogP contribution in [0.4, 0.5) is 5.95 Å². The molecule has 1 aromatic carbocycles. The van der Waals surface area contributed by atoms with Gasteiger partial charge >= 0.3 is 0 Å². The molecule has 0 radical (unpaired) electrons. The van der Waals surface area contributed by atoms with E-state index in [9.17, 15) is 4.79 Å². The Morgan fingerprint density at radius 1 is 1.21 bits per heavy atom. The Labute approximate surface area is 150 Å². The molecule has 1 amide bonds. The fraction of sp³-hybridized carbons (Fsp3) is 0.312. The largest absolute Gasteiger partial charge is 0.383 e. The lowest BCUT2D eigenvalue weighted by Crippen LogP contribution is -2.26. The van der Waals surface area contributed by atoms with E-state index in [1.807, 2.05) is 6.07 Å². The molecule has 0 bridgehead atoms. The lowest BCUT2D eigenvalue weighted by molar-refractivity contribution is 0.0953. The number of ether oxygens (including phenoxy) is 1. The molecule has 2 N–H and O–H groups in total. The van der Waals surface area contributed by atoms with Crippen molar-refractivity contribution in [3.05, 3.63) is 51.8 Å². The molecule has 0 aliphatic rings. The molecule has 0 unspecified atom stereocenters. The summed E-state index contributed by atoms with van der Waals surface area (Å²) in [4.78, 5) is 20.2. The number of amides is 1. The highest BCUT2D eigenvalue weighted by atomic mass is 35.5. The van der Waals surface area contributed by atoms with Gasteiger partial charge in [-0.25, -0.2) is 9.97 Å². The summed E-state index contributed by atoms with van der Waals surface area (Å²) in [6.07, 6.45) is 3.57. The lowest BCUT2D eigenvalue weighted by atomic mass is 10.1. The van der Waals surface area contributed by atoms with Crippen molar-refractivity contribution in [3.63, 3.8) is 0 Å². The fourth-order valence-corrected chi connectivity index (χ4v) is 2.44. The molecule has 0 saturated heterocycles. The highest BCUT2D eigenvalue weighted by Crippen LogP contribution is 2.21. The van der Waals surface area contributed by atoms with Gasteiger partial charge in [-0.3, -0.25) is 4.79 Å². The third kappa shape index (κ3) is 5.63. The molecular formula is C16H18Cl2N4O2. The molecule has 2 rings (SSSR count). The van der Waals surface area contributed by atoms with Gasteiger partial charge in [0.15, 0.2) is 0 Å². The van der Waals surface area contributed by atoms with Crippen molar-refractivity contribution < 1.29 is 9.53 Å². The molecule has 128 valence electrons. The van der Waals surface area contributed by atoms with Crippen molar-refractivity contribution in [3.8, 4) is 0 Å². The maximum absolute atomic E-state index is 12.1. The van der Waals surface area contributed by atoms with Gasteiger partial charge in [-0.1, -0.05) is 29.3 Å². The molecule has 2 aromatic rings. The zero-order valence-corrected chi connectivity index (χ0v) is 14.7. The van der Waals surface area contributed by atoms with Crippen LogP contribution in [-0.2, 0) is 11.2 Å². The minimum Gasteiger partial charge on any atom is -0.383 e. The molecular weight excluding hydrogens is 351 g/mol. The Balaban J connectivity index is 1.81. The summed E-state index contributed by atoms with van der Waals surface area (Å²) in [7, 11) is 1.62. The topological polar surface area (TPSA) is 76.1 Å². The quantitative estimate of drug-likeness (QED) is 0.700. The average molecular weight is 369 g/mol. The van der Waals surface area contributed by atoms with E-state index in [4.69, 9.17) is 27.9 Å². The third-order valence-corrected chi connectivity index (χ3v) is 3.79. The van der Waals surface area contributed by atoms with E-state index in [1.54, 1.807) is 19.2 Å². The van der Waals surface area contributed by atoms with Crippen LogP contribution in [0.25, 0.3) is 0 Å². The number of benzene rings is 1. The van der Waals surface area contributed by atoms with Gasteiger partial charge in [-0.15, -0.1) is 0 Å². The van der Waals surface area contributed by atoms with Crippen LogP contribution in [0.2, 0.25) is 10.0 Å². The first-order chi connectivity index (χ1) is 11.6. The van der Waals surface area contributed by atoms with Crippen molar-refractivity contribution in [2.45, 2.75) is 6.42 Å². The second-order valence-electron chi connectivity index (χ2n) is 4.96. The van der Waals surface area contributed by atoms with E-state index in [-0.39, 0.29) is 5.91 Å². The molecule has 8 heteroatoms. The Kier molecular flexibility index (Phi) is 7.24. The molecule has 24 heavy (non-hydrogen) atoms. The molecule has 0 fully saturated rings. The number of hydrogen-bond acceptors (Lipinski definition) is 5. The minimum absolute atomic E-state index is 0.233. The zero-order valence-electron chi connectivity index (χ0n) is 13.2. The number of anilines is 1. The summed E-state index contributed by atoms with van der Waals surface area (Å²) in [5, 5.41) is 6.97. The van der Waals surface area contributed by atoms with Crippen LogP contribution in [-0.4, -0.2) is 42.7 Å². The van der Waals surface area contributed by atoms with Crippen molar-refractivity contribution >= 4 is 35.1 Å². The van der Waals surface area contributed by atoms with Gasteiger partial charge in [0.1, 0.15) is 0 Å². The van der Waals surface area contributed by atoms with E-state index in [2.05, 4.69) is 20.6 Å². The molecule has 0 atom stereocenters. The number of halogens is 2. The SMILES string of the molecule is COCCNc1ncc(C(=O)NCCc2ccc(Cl)cc2Cl)cn1. The smallest absolute Gasteiger partial charge is 0.254 e. The van der Waals surface area contributed by atoms with Crippen molar-refractivity contribution in [2.24, 2.45) is 0 Å². The summed E-state index contributed by atoms with van der Waals surface area (Å²) >= 11 is 12.0. The number of nitrogens with one attached hydrogen (secondary N) is 2. The Morgan fingerprint density at radius 2 is 1.96 bits per heavy atom. The number of nitrogens with zero attached hydrogens (tertiary/aromatic N) is 2. The van der Waals surface area contributed by atoms with Gasteiger partial charge in [0.25, 0.3) is 5.91 Å². The van der Waals surface area contributed by atoms with Gasteiger partial charge in [0, 0.05) is 42.6 Å². The van der Waals surface area contributed by atoms with Crippen molar-refractivity contribution in [1.29, 1.82) is 0 Å². The highest BCUT2D eigenvalue weighted by molar-refractivity contribution is 6.35. The number of aromatic nitrogens is 2. The summed E-state index contributed by atoms with van der Waals surface area (Å²) in [6.45, 7) is 1.61. The van der Waals surface area contributed by atoms with E-state index < -0.39 is 0 Å². The van der Waals surface area contributed by atoms with E-state index in [0.717, 1.165) is 5.56 Å². The van der Waals surface area contributed by atoms with Crippen LogP contribution in [0.5, 0.6) is 0 Å². The van der Waals surface area contributed by atoms with Gasteiger partial charge in [-0.2, -0.15) is 0 Å². The predicted molar refractivity (Wildman–Crippen MR) is 94.9 cm³/mol. The van der Waals surface area contributed by atoms with E-state index >= 15 is 0 Å². The van der Waals surface area contributed by atoms with Gasteiger partial charge in [0.2, 0.25) is 5.95 Å². The Bertz CT molecular complexity index is 680. The van der Waals surface area contributed by atoms with Crippen LogP contribution in [0.1, 0.15) is 15.9 Å². The molecule has 0 aliphatic heterocycles. The van der Waals surface area contributed by atoms with E-state index in [0.29, 0.717) is 47.7 Å². The number of carbonyl (C=O) groups is 1. The Hall–Kier alpha value is -1.89. The maximum Gasteiger partial charge on any atom is 0.254 e. The first kappa shape index (κ1) is 18.4. The molecule has 0 saturated carbocycles. The summed E-state index contributed by atoms with van der Waals surface area (Å²) in [6, 6.07) is 5.30.